The largest absolute Gasteiger partial charge is 0.481 e. The number of carbonyl (C=O) groups excluding carboxylic acids is 2. The fourth-order valence-corrected chi connectivity index (χ4v) is 2.99. The molecule has 0 aliphatic carbocycles. The molecular formula is C13H21N3O4. The van der Waals surface area contributed by atoms with E-state index in [1.54, 1.807) is 4.90 Å². The Morgan fingerprint density at radius 1 is 1.10 bits per heavy atom. The molecule has 7 heteroatoms. The van der Waals surface area contributed by atoms with Crippen molar-refractivity contribution in [2.75, 3.05) is 26.2 Å². The Bertz CT molecular complexity index is 404. The summed E-state index contributed by atoms with van der Waals surface area (Å²) in [5, 5.41) is 8.93. The van der Waals surface area contributed by atoms with Crippen molar-refractivity contribution < 1.29 is 19.5 Å². The number of aliphatic carboxylic acids is 1. The predicted molar refractivity (Wildman–Crippen MR) is 70.7 cm³/mol. The lowest BCUT2D eigenvalue weighted by Crippen LogP contribution is -2.48. The third-order valence-electron chi connectivity index (χ3n) is 4.23. The molecule has 0 spiro atoms. The first-order chi connectivity index (χ1) is 9.49. The second-order valence-electron chi connectivity index (χ2n) is 5.52. The van der Waals surface area contributed by atoms with Gasteiger partial charge in [0, 0.05) is 13.1 Å². The summed E-state index contributed by atoms with van der Waals surface area (Å²) in [7, 11) is 0. The Morgan fingerprint density at radius 2 is 1.75 bits per heavy atom. The summed E-state index contributed by atoms with van der Waals surface area (Å²) in [4.78, 5) is 37.8. The Kier molecular flexibility index (Phi) is 4.59. The molecule has 0 aromatic rings. The fraction of sp³-hybridized carbons (Fsp3) is 0.769. The minimum Gasteiger partial charge on any atom is -0.481 e. The van der Waals surface area contributed by atoms with Crippen molar-refractivity contribution in [1.82, 2.24) is 9.80 Å². The lowest BCUT2D eigenvalue weighted by Gasteiger charge is -2.32. The molecule has 2 aliphatic rings. The second kappa shape index (κ2) is 6.21. The van der Waals surface area contributed by atoms with Crippen LogP contribution in [0.4, 0.5) is 0 Å². The van der Waals surface area contributed by atoms with Crippen molar-refractivity contribution >= 4 is 17.8 Å². The van der Waals surface area contributed by atoms with E-state index in [0.717, 1.165) is 6.42 Å². The van der Waals surface area contributed by atoms with Gasteiger partial charge in [0.25, 0.3) is 0 Å². The average Bonchev–Trinajstić information content (AvgIpc) is 2.87. The molecule has 2 aliphatic heterocycles. The minimum atomic E-state index is -0.787. The van der Waals surface area contributed by atoms with E-state index in [2.05, 4.69) is 0 Å². The van der Waals surface area contributed by atoms with Gasteiger partial charge in [-0.1, -0.05) is 0 Å². The van der Waals surface area contributed by atoms with Gasteiger partial charge in [0.05, 0.1) is 18.5 Å². The van der Waals surface area contributed by atoms with Crippen LogP contribution in [0.15, 0.2) is 0 Å². The summed E-state index contributed by atoms with van der Waals surface area (Å²) in [6.07, 6.45) is 2.59. The number of hydrogen-bond donors (Lipinski definition) is 2. The number of rotatable bonds is 4. The summed E-state index contributed by atoms with van der Waals surface area (Å²) < 4.78 is 0. The van der Waals surface area contributed by atoms with Gasteiger partial charge in [-0.05, 0) is 32.2 Å². The van der Waals surface area contributed by atoms with Crippen LogP contribution in [0.3, 0.4) is 0 Å². The van der Waals surface area contributed by atoms with Gasteiger partial charge >= 0.3 is 5.97 Å². The lowest BCUT2D eigenvalue weighted by atomic mass is 9.97. The maximum atomic E-state index is 12.2. The molecule has 1 atom stereocenters. The molecular weight excluding hydrogens is 262 g/mol. The first-order valence-electron chi connectivity index (χ1n) is 7.03. The number of nitrogens with two attached hydrogens (primary N) is 1. The highest BCUT2D eigenvalue weighted by Gasteiger charge is 2.33. The number of primary amides is 1. The van der Waals surface area contributed by atoms with Crippen molar-refractivity contribution in [2.45, 2.75) is 31.7 Å². The van der Waals surface area contributed by atoms with Crippen molar-refractivity contribution in [2.24, 2.45) is 11.7 Å². The van der Waals surface area contributed by atoms with E-state index in [1.807, 2.05) is 4.90 Å². The molecule has 2 rings (SSSR count). The molecule has 0 aromatic heterocycles. The van der Waals surface area contributed by atoms with Crippen LogP contribution in [0.1, 0.15) is 25.7 Å². The quantitative estimate of drug-likeness (QED) is 0.707. The number of piperidine rings is 1. The molecule has 112 valence electrons. The molecule has 3 N–H and O–H groups in total. The molecule has 20 heavy (non-hydrogen) atoms. The van der Waals surface area contributed by atoms with Gasteiger partial charge in [0.15, 0.2) is 0 Å². The second-order valence-corrected chi connectivity index (χ2v) is 5.52. The molecule has 2 heterocycles. The Balaban J connectivity index is 1.84. The molecule has 0 saturated carbocycles. The maximum Gasteiger partial charge on any atom is 0.306 e. The molecule has 0 aromatic carbocycles. The Morgan fingerprint density at radius 3 is 2.30 bits per heavy atom. The highest BCUT2D eigenvalue weighted by molar-refractivity contribution is 5.83. The minimum absolute atomic E-state index is 0.0398. The summed E-state index contributed by atoms with van der Waals surface area (Å²) in [6.45, 7) is 1.87. The third-order valence-corrected chi connectivity index (χ3v) is 4.23. The van der Waals surface area contributed by atoms with Crippen LogP contribution in [0, 0.1) is 5.92 Å². The molecule has 1 unspecified atom stereocenters. The van der Waals surface area contributed by atoms with Gasteiger partial charge in [-0.2, -0.15) is 0 Å². The van der Waals surface area contributed by atoms with Crippen molar-refractivity contribution in [3.8, 4) is 0 Å². The van der Waals surface area contributed by atoms with Gasteiger partial charge in [-0.15, -0.1) is 0 Å². The number of nitrogens with zero attached hydrogens (tertiary/aromatic N) is 2. The lowest BCUT2D eigenvalue weighted by molar-refractivity contribution is -0.146. The van der Waals surface area contributed by atoms with Crippen LogP contribution >= 0.6 is 0 Å². The van der Waals surface area contributed by atoms with E-state index >= 15 is 0 Å². The number of carboxylic acids is 1. The van der Waals surface area contributed by atoms with Crippen LogP contribution in [-0.2, 0) is 14.4 Å². The normalized spacial score (nSPS) is 24.8. The molecule has 7 nitrogen and oxygen atoms in total. The number of carbonyl (C=O) groups is 3. The van der Waals surface area contributed by atoms with Gasteiger partial charge in [0.2, 0.25) is 11.8 Å². The number of carboxylic acid groups (broad SMARTS) is 1. The van der Waals surface area contributed by atoms with Crippen LogP contribution < -0.4 is 5.73 Å². The Labute approximate surface area is 117 Å². The topological polar surface area (TPSA) is 104 Å². The zero-order chi connectivity index (χ0) is 14.7. The van der Waals surface area contributed by atoms with E-state index in [9.17, 15) is 14.4 Å². The molecule has 2 amide bonds. The highest BCUT2D eigenvalue weighted by Crippen LogP contribution is 2.20. The summed E-state index contributed by atoms with van der Waals surface area (Å²) in [5.74, 6) is -1.54. The zero-order valence-corrected chi connectivity index (χ0v) is 11.5. The highest BCUT2D eigenvalue weighted by atomic mass is 16.4. The van der Waals surface area contributed by atoms with Gasteiger partial charge < -0.3 is 15.7 Å². The zero-order valence-electron chi connectivity index (χ0n) is 11.5. The van der Waals surface area contributed by atoms with Crippen LogP contribution in [0.2, 0.25) is 0 Å². The predicted octanol–water partition coefficient (Wildman–Crippen LogP) is -0.741. The average molecular weight is 283 g/mol. The van der Waals surface area contributed by atoms with E-state index < -0.39 is 5.97 Å². The number of hydrogen-bond acceptors (Lipinski definition) is 4. The van der Waals surface area contributed by atoms with E-state index in [0.29, 0.717) is 38.9 Å². The summed E-state index contributed by atoms with van der Waals surface area (Å²) in [6, 6.07) is -0.337. The van der Waals surface area contributed by atoms with E-state index in [4.69, 9.17) is 10.8 Å². The van der Waals surface area contributed by atoms with Crippen molar-refractivity contribution in [1.29, 1.82) is 0 Å². The van der Waals surface area contributed by atoms with E-state index in [1.165, 1.54) is 0 Å². The fourth-order valence-electron chi connectivity index (χ4n) is 2.99. The van der Waals surface area contributed by atoms with Crippen molar-refractivity contribution in [3.63, 3.8) is 0 Å². The standard InChI is InChI=1S/C13H21N3O4/c14-12(18)10-2-1-5-16(10)8-11(17)15-6-3-9(4-7-15)13(19)20/h9-10H,1-8H2,(H2,14,18)(H,19,20). The van der Waals surface area contributed by atoms with E-state index in [-0.39, 0.29) is 30.3 Å². The maximum absolute atomic E-state index is 12.2. The molecule has 0 bridgehead atoms. The van der Waals surface area contributed by atoms with Crippen LogP contribution in [0.25, 0.3) is 0 Å². The van der Waals surface area contributed by atoms with Crippen molar-refractivity contribution in [3.05, 3.63) is 0 Å². The SMILES string of the molecule is NC(=O)C1CCCN1CC(=O)N1CCC(C(=O)O)CC1. The van der Waals surface area contributed by atoms with Gasteiger partial charge in [0.1, 0.15) is 0 Å². The summed E-state index contributed by atoms with van der Waals surface area (Å²) >= 11 is 0. The smallest absolute Gasteiger partial charge is 0.306 e. The van der Waals surface area contributed by atoms with Gasteiger partial charge in [-0.3, -0.25) is 19.3 Å². The number of amides is 2. The third kappa shape index (κ3) is 3.27. The van der Waals surface area contributed by atoms with Gasteiger partial charge in [-0.25, -0.2) is 0 Å². The van der Waals surface area contributed by atoms with Crippen LogP contribution in [-0.4, -0.2) is 64.9 Å². The first kappa shape index (κ1) is 14.8. The van der Waals surface area contributed by atoms with Crippen LogP contribution in [0.5, 0.6) is 0 Å². The monoisotopic (exact) mass is 283 g/mol. The first-order valence-corrected chi connectivity index (χ1v) is 7.03. The molecule has 2 saturated heterocycles. The molecule has 2 fully saturated rings. The molecule has 0 radical (unpaired) electrons. The number of likely N-dealkylation sites (tertiary alicyclic amines) is 2. The Hall–Kier alpha value is -1.63. The summed E-state index contributed by atoms with van der Waals surface area (Å²) in [5.41, 5.74) is 5.32.